The quantitative estimate of drug-likeness (QED) is 0.444. The Morgan fingerprint density at radius 2 is 1.97 bits per heavy atom. The smallest absolute Gasteiger partial charge is 0.273 e. The first-order valence-corrected chi connectivity index (χ1v) is 10.5. The SMILES string of the molecule is O=C(Cc1ccccc1[N+](=O)[O-])Nc1nnc(C2CC(=O)N(c3ccc(Cl)cc3)C2)s1. The number of nitrogens with zero attached hydrogens (tertiary/aromatic N) is 4. The van der Waals surface area contributed by atoms with Crippen molar-refractivity contribution in [2.45, 2.75) is 18.8 Å². The minimum atomic E-state index is -0.519. The first kappa shape index (κ1) is 20.9. The molecular weight excluding hydrogens is 442 g/mol. The first-order valence-electron chi connectivity index (χ1n) is 9.32. The number of amides is 2. The average molecular weight is 458 g/mol. The third-order valence-electron chi connectivity index (χ3n) is 4.84. The van der Waals surface area contributed by atoms with Gasteiger partial charge in [-0.3, -0.25) is 19.7 Å². The van der Waals surface area contributed by atoms with E-state index >= 15 is 0 Å². The summed E-state index contributed by atoms with van der Waals surface area (Å²) < 4.78 is 0. The summed E-state index contributed by atoms with van der Waals surface area (Å²) >= 11 is 7.10. The summed E-state index contributed by atoms with van der Waals surface area (Å²) in [5.74, 6) is -0.590. The van der Waals surface area contributed by atoms with Crippen LogP contribution in [0.4, 0.5) is 16.5 Å². The summed E-state index contributed by atoms with van der Waals surface area (Å²) in [6, 6.07) is 13.1. The van der Waals surface area contributed by atoms with Gasteiger partial charge in [-0.25, -0.2) is 0 Å². The molecule has 0 aliphatic carbocycles. The van der Waals surface area contributed by atoms with Gasteiger partial charge in [0.05, 0.1) is 11.3 Å². The van der Waals surface area contributed by atoms with Crippen LogP contribution in [0.25, 0.3) is 0 Å². The molecule has 1 N–H and O–H groups in total. The lowest BCUT2D eigenvalue weighted by Crippen LogP contribution is -2.24. The number of nitro groups is 1. The van der Waals surface area contributed by atoms with Crippen molar-refractivity contribution < 1.29 is 14.5 Å². The van der Waals surface area contributed by atoms with Crippen molar-refractivity contribution in [3.63, 3.8) is 0 Å². The average Bonchev–Trinajstić information content (AvgIpc) is 3.35. The van der Waals surface area contributed by atoms with E-state index in [1.165, 1.54) is 17.4 Å². The molecule has 0 saturated carbocycles. The highest BCUT2D eigenvalue weighted by molar-refractivity contribution is 7.15. The van der Waals surface area contributed by atoms with E-state index in [1.807, 2.05) is 0 Å². The van der Waals surface area contributed by atoms with Crippen molar-refractivity contribution in [2.75, 3.05) is 16.8 Å². The number of nitro benzene ring substituents is 1. The van der Waals surface area contributed by atoms with E-state index in [9.17, 15) is 19.7 Å². The lowest BCUT2D eigenvalue weighted by atomic mass is 10.1. The highest BCUT2D eigenvalue weighted by Gasteiger charge is 2.34. The van der Waals surface area contributed by atoms with Crippen molar-refractivity contribution in [3.8, 4) is 0 Å². The maximum atomic E-state index is 12.4. The molecular formula is C20H16ClN5O4S. The summed E-state index contributed by atoms with van der Waals surface area (Å²) in [6.45, 7) is 0.458. The van der Waals surface area contributed by atoms with Crippen LogP contribution in [0.5, 0.6) is 0 Å². The van der Waals surface area contributed by atoms with Crippen molar-refractivity contribution >= 4 is 51.3 Å². The summed E-state index contributed by atoms with van der Waals surface area (Å²) in [5.41, 5.74) is 0.969. The number of para-hydroxylation sites is 1. The standard InChI is InChI=1S/C20H16ClN5O4S/c21-14-5-7-15(8-6-14)25-11-13(10-18(25)28)19-23-24-20(31-19)22-17(27)9-12-3-1-2-4-16(12)26(29)30/h1-8,13H,9-11H2,(H,22,24,27). The van der Waals surface area contributed by atoms with Crippen LogP contribution in [0, 0.1) is 10.1 Å². The van der Waals surface area contributed by atoms with Crippen LogP contribution in [-0.4, -0.2) is 33.5 Å². The predicted octanol–water partition coefficient (Wildman–Crippen LogP) is 3.80. The Kier molecular flexibility index (Phi) is 5.92. The molecule has 1 unspecified atom stereocenters. The van der Waals surface area contributed by atoms with Gasteiger partial charge in [-0.15, -0.1) is 10.2 Å². The molecule has 4 rings (SSSR count). The lowest BCUT2D eigenvalue weighted by Gasteiger charge is -2.16. The summed E-state index contributed by atoms with van der Waals surface area (Å²) in [7, 11) is 0. The minimum absolute atomic E-state index is 0.0236. The van der Waals surface area contributed by atoms with E-state index in [-0.39, 0.29) is 29.1 Å². The molecule has 2 amide bonds. The molecule has 2 heterocycles. The zero-order valence-electron chi connectivity index (χ0n) is 16.0. The Morgan fingerprint density at radius 1 is 1.23 bits per heavy atom. The molecule has 1 saturated heterocycles. The molecule has 1 aromatic heterocycles. The second-order valence-corrected chi connectivity index (χ2v) is 8.38. The van der Waals surface area contributed by atoms with E-state index in [1.54, 1.807) is 47.4 Å². The van der Waals surface area contributed by atoms with Crippen molar-refractivity contribution in [1.82, 2.24) is 10.2 Å². The van der Waals surface area contributed by atoms with E-state index in [0.717, 1.165) is 5.69 Å². The van der Waals surface area contributed by atoms with Gasteiger partial charge in [0.25, 0.3) is 5.69 Å². The van der Waals surface area contributed by atoms with Gasteiger partial charge in [-0.05, 0) is 24.3 Å². The zero-order chi connectivity index (χ0) is 22.0. The van der Waals surface area contributed by atoms with Crippen molar-refractivity contribution in [2.24, 2.45) is 0 Å². The van der Waals surface area contributed by atoms with Gasteiger partial charge < -0.3 is 10.2 Å². The first-order chi connectivity index (χ1) is 14.9. The van der Waals surface area contributed by atoms with Crippen molar-refractivity contribution in [3.05, 3.63) is 74.2 Å². The van der Waals surface area contributed by atoms with Gasteiger partial charge >= 0.3 is 0 Å². The van der Waals surface area contributed by atoms with Crippen LogP contribution < -0.4 is 10.2 Å². The lowest BCUT2D eigenvalue weighted by molar-refractivity contribution is -0.385. The van der Waals surface area contributed by atoms with E-state index < -0.39 is 10.8 Å². The number of carbonyl (C=O) groups is 2. The van der Waals surface area contributed by atoms with Crippen LogP contribution >= 0.6 is 22.9 Å². The number of rotatable bonds is 6. The number of nitrogens with one attached hydrogen (secondary N) is 1. The van der Waals surface area contributed by atoms with E-state index in [2.05, 4.69) is 15.5 Å². The summed E-state index contributed by atoms with van der Waals surface area (Å²) in [5, 5.41) is 23.4. The van der Waals surface area contributed by atoms with Crippen LogP contribution in [0.1, 0.15) is 22.9 Å². The number of anilines is 2. The predicted molar refractivity (Wildman–Crippen MR) is 117 cm³/mol. The molecule has 11 heteroatoms. The fraction of sp³-hybridized carbons (Fsp3) is 0.200. The van der Waals surface area contributed by atoms with Gasteiger partial charge in [0.2, 0.25) is 16.9 Å². The molecule has 2 aromatic carbocycles. The maximum absolute atomic E-state index is 12.4. The summed E-state index contributed by atoms with van der Waals surface area (Å²) in [6.07, 6.45) is 0.139. The third kappa shape index (κ3) is 4.70. The normalized spacial score (nSPS) is 15.8. The Hall–Kier alpha value is -3.37. The highest BCUT2D eigenvalue weighted by atomic mass is 35.5. The molecule has 158 valence electrons. The topological polar surface area (TPSA) is 118 Å². The fourth-order valence-corrected chi connectivity index (χ4v) is 4.35. The van der Waals surface area contributed by atoms with Crippen LogP contribution in [0.15, 0.2) is 48.5 Å². The molecule has 1 fully saturated rings. The number of carbonyl (C=O) groups excluding carboxylic acids is 2. The highest BCUT2D eigenvalue weighted by Crippen LogP contribution is 2.34. The Morgan fingerprint density at radius 3 is 2.71 bits per heavy atom. The molecule has 31 heavy (non-hydrogen) atoms. The molecule has 0 spiro atoms. The number of aromatic nitrogens is 2. The van der Waals surface area contributed by atoms with Gasteiger partial charge in [-0.1, -0.05) is 41.1 Å². The molecule has 9 nitrogen and oxygen atoms in total. The Bertz CT molecular complexity index is 1150. The molecule has 0 radical (unpaired) electrons. The second-order valence-electron chi connectivity index (χ2n) is 6.94. The number of halogens is 1. The minimum Gasteiger partial charge on any atom is -0.312 e. The largest absolute Gasteiger partial charge is 0.312 e. The number of benzene rings is 2. The third-order valence-corrected chi connectivity index (χ3v) is 6.09. The van der Waals surface area contributed by atoms with Crippen LogP contribution in [-0.2, 0) is 16.0 Å². The van der Waals surface area contributed by atoms with E-state index in [4.69, 9.17) is 11.6 Å². The van der Waals surface area contributed by atoms with Gasteiger partial charge in [-0.2, -0.15) is 0 Å². The fourth-order valence-electron chi connectivity index (χ4n) is 3.37. The van der Waals surface area contributed by atoms with Gasteiger partial charge in [0.15, 0.2) is 0 Å². The monoisotopic (exact) mass is 457 g/mol. The molecule has 3 aromatic rings. The molecule has 0 bridgehead atoms. The van der Waals surface area contributed by atoms with E-state index in [0.29, 0.717) is 28.6 Å². The maximum Gasteiger partial charge on any atom is 0.273 e. The number of hydrogen-bond donors (Lipinski definition) is 1. The zero-order valence-corrected chi connectivity index (χ0v) is 17.6. The van der Waals surface area contributed by atoms with Crippen LogP contribution in [0.3, 0.4) is 0 Å². The van der Waals surface area contributed by atoms with Crippen LogP contribution in [0.2, 0.25) is 5.02 Å². The van der Waals surface area contributed by atoms with Gasteiger partial charge in [0.1, 0.15) is 5.01 Å². The molecule has 1 aliphatic heterocycles. The van der Waals surface area contributed by atoms with Crippen molar-refractivity contribution in [1.29, 1.82) is 0 Å². The van der Waals surface area contributed by atoms with Gasteiger partial charge in [0, 0.05) is 41.2 Å². The Balaban J connectivity index is 1.41. The molecule has 1 aliphatic rings. The second kappa shape index (κ2) is 8.78. The number of hydrogen-bond acceptors (Lipinski definition) is 7. The molecule has 1 atom stereocenters. The Labute approximate surface area is 185 Å². The summed E-state index contributed by atoms with van der Waals surface area (Å²) in [4.78, 5) is 37.0.